The highest BCUT2D eigenvalue weighted by Gasteiger charge is 2.41. The van der Waals surface area contributed by atoms with Crippen molar-refractivity contribution < 1.29 is 0 Å². The molecule has 0 amide bonds. The maximum atomic E-state index is 5.83. The summed E-state index contributed by atoms with van der Waals surface area (Å²) in [6.07, 6.45) is 2.52. The van der Waals surface area contributed by atoms with Gasteiger partial charge >= 0.3 is 0 Å². The number of hydrogen-bond donors (Lipinski definition) is 2. The van der Waals surface area contributed by atoms with Crippen LogP contribution in [0.1, 0.15) is 36.1 Å². The summed E-state index contributed by atoms with van der Waals surface area (Å²) in [7, 11) is 2.19. The molecule has 74 valence electrons. The fourth-order valence-corrected chi connectivity index (χ4v) is 2.94. The fourth-order valence-electron chi connectivity index (χ4n) is 2.94. The highest BCUT2D eigenvalue weighted by Crippen LogP contribution is 2.52. The first-order valence-electron chi connectivity index (χ1n) is 5.09. The summed E-state index contributed by atoms with van der Waals surface area (Å²) in [6.45, 7) is 0. The van der Waals surface area contributed by atoms with Gasteiger partial charge in [0, 0.05) is 12.1 Å². The highest BCUT2D eigenvalue weighted by atomic mass is 15.2. The van der Waals surface area contributed by atoms with E-state index in [9.17, 15) is 0 Å². The molecule has 3 heteroatoms. The van der Waals surface area contributed by atoms with Gasteiger partial charge in [-0.2, -0.15) is 0 Å². The van der Waals surface area contributed by atoms with E-state index in [2.05, 4.69) is 24.1 Å². The highest BCUT2D eigenvalue weighted by molar-refractivity contribution is 5.67. The SMILES string of the molecule is CN1C2CCC1c1cc(N)c(N)cc12. The van der Waals surface area contributed by atoms with Gasteiger partial charge in [-0.25, -0.2) is 0 Å². The van der Waals surface area contributed by atoms with Gasteiger partial charge in [-0.1, -0.05) is 0 Å². The van der Waals surface area contributed by atoms with Crippen LogP contribution in [-0.4, -0.2) is 11.9 Å². The molecule has 2 unspecified atom stereocenters. The maximum Gasteiger partial charge on any atom is 0.0551 e. The lowest BCUT2D eigenvalue weighted by atomic mass is 9.91. The smallest absolute Gasteiger partial charge is 0.0551 e. The van der Waals surface area contributed by atoms with Crippen molar-refractivity contribution in [2.75, 3.05) is 18.5 Å². The van der Waals surface area contributed by atoms with Gasteiger partial charge < -0.3 is 11.5 Å². The van der Waals surface area contributed by atoms with Crippen LogP contribution in [-0.2, 0) is 0 Å². The Bertz CT molecular complexity index is 363. The van der Waals surface area contributed by atoms with Crippen molar-refractivity contribution in [1.82, 2.24) is 4.90 Å². The van der Waals surface area contributed by atoms with E-state index in [1.54, 1.807) is 0 Å². The second-order valence-electron chi connectivity index (χ2n) is 4.38. The molecular formula is C11H15N3. The monoisotopic (exact) mass is 189 g/mol. The summed E-state index contributed by atoms with van der Waals surface area (Å²) < 4.78 is 0. The molecule has 1 aromatic carbocycles. The van der Waals surface area contributed by atoms with E-state index < -0.39 is 0 Å². The fraction of sp³-hybridized carbons (Fsp3) is 0.455. The van der Waals surface area contributed by atoms with Crippen molar-refractivity contribution in [3.8, 4) is 0 Å². The third kappa shape index (κ3) is 0.805. The van der Waals surface area contributed by atoms with Crippen LogP contribution in [0.5, 0.6) is 0 Å². The number of nitrogens with two attached hydrogens (primary N) is 2. The van der Waals surface area contributed by atoms with Crippen molar-refractivity contribution >= 4 is 11.4 Å². The van der Waals surface area contributed by atoms with Crippen molar-refractivity contribution in [3.63, 3.8) is 0 Å². The predicted molar refractivity (Wildman–Crippen MR) is 57.7 cm³/mol. The summed E-state index contributed by atoms with van der Waals surface area (Å²) >= 11 is 0. The molecule has 0 spiro atoms. The normalized spacial score (nSPS) is 29.5. The van der Waals surface area contributed by atoms with E-state index >= 15 is 0 Å². The lowest BCUT2D eigenvalue weighted by Gasteiger charge is -2.14. The van der Waals surface area contributed by atoms with Crippen molar-refractivity contribution in [1.29, 1.82) is 0 Å². The Morgan fingerprint density at radius 3 is 1.93 bits per heavy atom. The molecule has 1 fully saturated rings. The molecule has 2 atom stereocenters. The van der Waals surface area contributed by atoms with E-state index in [0.29, 0.717) is 12.1 Å². The first-order valence-corrected chi connectivity index (χ1v) is 5.09. The van der Waals surface area contributed by atoms with Crippen LogP contribution in [0.15, 0.2) is 12.1 Å². The topological polar surface area (TPSA) is 55.3 Å². The Kier molecular flexibility index (Phi) is 1.40. The van der Waals surface area contributed by atoms with Crippen LogP contribution in [0.4, 0.5) is 11.4 Å². The Morgan fingerprint density at radius 1 is 1.07 bits per heavy atom. The quantitative estimate of drug-likeness (QED) is 0.610. The molecule has 2 aliphatic rings. The van der Waals surface area contributed by atoms with E-state index in [1.807, 2.05) is 0 Å². The molecule has 14 heavy (non-hydrogen) atoms. The molecule has 2 heterocycles. The number of nitrogens with zero attached hydrogens (tertiary/aromatic N) is 1. The molecule has 1 saturated heterocycles. The Morgan fingerprint density at radius 2 is 1.50 bits per heavy atom. The van der Waals surface area contributed by atoms with E-state index in [-0.39, 0.29) is 0 Å². The molecule has 1 aromatic rings. The number of fused-ring (bicyclic) bond motifs is 5. The molecule has 2 aliphatic heterocycles. The second-order valence-corrected chi connectivity index (χ2v) is 4.38. The van der Waals surface area contributed by atoms with Crippen molar-refractivity contribution in [2.24, 2.45) is 0 Å². The minimum Gasteiger partial charge on any atom is -0.397 e. The van der Waals surface area contributed by atoms with E-state index in [1.165, 1.54) is 24.0 Å². The Hall–Kier alpha value is -1.22. The van der Waals surface area contributed by atoms with Crippen LogP contribution in [0, 0.1) is 0 Å². The number of hydrogen-bond acceptors (Lipinski definition) is 3. The zero-order chi connectivity index (χ0) is 9.87. The number of nitrogen functional groups attached to an aromatic ring is 2. The summed E-state index contributed by atoms with van der Waals surface area (Å²) in [4.78, 5) is 2.43. The standard InChI is InChI=1S/C11H15N3/c1-14-10-2-3-11(14)7-5-9(13)8(12)4-6(7)10/h4-5,10-11H,2-3,12-13H2,1H3. The average Bonchev–Trinajstić information content (AvgIpc) is 2.62. The van der Waals surface area contributed by atoms with Crippen LogP contribution >= 0.6 is 0 Å². The number of rotatable bonds is 0. The lowest BCUT2D eigenvalue weighted by Crippen LogP contribution is -2.12. The minimum absolute atomic E-state index is 0.581. The Balaban J connectivity index is 2.21. The summed E-state index contributed by atoms with van der Waals surface area (Å²) in [5.74, 6) is 0. The van der Waals surface area contributed by atoms with Gasteiger partial charge in [0.1, 0.15) is 0 Å². The Labute approximate surface area is 83.7 Å². The van der Waals surface area contributed by atoms with Gasteiger partial charge in [0.25, 0.3) is 0 Å². The van der Waals surface area contributed by atoms with Crippen LogP contribution in [0.2, 0.25) is 0 Å². The van der Waals surface area contributed by atoms with Crippen LogP contribution < -0.4 is 11.5 Å². The number of anilines is 2. The average molecular weight is 189 g/mol. The summed E-state index contributed by atoms with van der Waals surface area (Å²) in [5, 5.41) is 0. The lowest BCUT2D eigenvalue weighted by molar-refractivity contribution is 0.280. The van der Waals surface area contributed by atoms with Crippen molar-refractivity contribution in [3.05, 3.63) is 23.3 Å². The second kappa shape index (κ2) is 2.42. The van der Waals surface area contributed by atoms with Gasteiger partial charge in [-0.3, -0.25) is 4.90 Å². The third-order valence-corrected chi connectivity index (χ3v) is 3.70. The van der Waals surface area contributed by atoms with E-state index in [0.717, 1.165) is 11.4 Å². The van der Waals surface area contributed by atoms with Gasteiger partial charge in [-0.15, -0.1) is 0 Å². The van der Waals surface area contributed by atoms with Crippen molar-refractivity contribution in [2.45, 2.75) is 24.9 Å². The summed E-state index contributed by atoms with van der Waals surface area (Å²) in [5.41, 5.74) is 15.9. The zero-order valence-corrected chi connectivity index (χ0v) is 8.33. The molecule has 0 aromatic heterocycles. The van der Waals surface area contributed by atoms with Crippen LogP contribution in [0.25, 0.3) is 0 Å². The van der Waals surface area contributed by atoms with E-state index in [4.69, 9.17) is 11.5 Å². The first kappa shape index (κ1) is 8.12. The maximum absolute atomic E-state index is 5.83. The molecular weight excluding hydrogens is 174 g/mol. The molecule has 3 rings (SSSR count). The van der Waals surface area contributed by atoms with Gasteiger partial charge in [0.15, 0.2) is 0 Å². The molecule has 0 saturated carbocycles. The molecule has 3 nitrogen and oxygen atoms in total. The predicted octanol–water partition coefficient (Wildman–Crippen LogP) is 1.67. The molecule has 4 N–H and O–H groups in total. The third-order valence-electron chi connectivity index (χ3n) is 3.70. The van der Waals surface area contributed by atoms with Gasteiger partial charge in [0.05, 0.1) is 11.4 Å². The first-order chi connectivity index (χ1) is 6.68. The van der Waals surface area contributed by atoms with Gasteiger partial charge in [0.2, 0.25) is 0 Å². The zero-order valence-electron chi connectivity index (χ0n) is 8.33. The number of benzene rings is 1. The van der Waals surface area contributed by atoms with Gasteiger partial charge in [-0.05, 0) is 43.1 Å². The molecule has 0 radical (unpaired) electrons. The molecule has 2 bridgehead atoms. The van der Waals surface area contributed by atoms with Crippen LogP contribution in [0.3, 0.4) is 0 Å². The summed E-state index contributed by atoms with van der Waals surface area (Å²) in [6, 6.07) is 5.28. The minimum atomic E-state index is 0.581. The largest absolute Gasteiger partial charge is 0.397 e. The molecule has 0 aliphatic carbocycles.